The molecule has 0 saturated carbocycles. The van der Waals surface area contributed by atoms with Gasteiger partial charge in [0, 0.05) is 11.9 Å². The first kappa shape index (κ1) is 12.6. The fourth-order valence-corrected chi connectivity index (χ4v) is 2.27. The van der Waals surface area contributed by atoms with E-state index in [0.717, 1.165) is 4.90 Å². The quantitative estimate of drug-likeness (QED) is 0.861. The van der Waals surface area contributed by atoms with Crippen molar-refractivity contribution in [1.82, 2.24) is 9.97 Å². The second-order valence-electron chi connectivity index (χ2n) is 3.37. The largest absolute Gasteiger partial charge is 0.490 e. The molecule has 94 valence electrons. The van der Waals surface area contributed by atoms with Gasteiger partial charge in [0.1, 0.15) is 17.2 Å². The van der Waals surface area contributed by atoms with Crippen LogP contribution in [0, 0.1) is 5.82 Å². The van der Waals surface area contributed by atoms with E-state index in [2.05, 4.69) is 15.3 Å². The van der Waals surface area contributed by atoms with Gasteiger partial charge in [-0.3, -0.25) is 0 Å². The lowest BCUT2D eigenvalue weighted by Gasteiger charge is -2.10. The van der Waals surface area contributed by atoms with Crippen LogP contribution in [0.2, 0.25) is 0 Å². The van der Waals surface area contributed by atoms with Gasteiger partial charge < -0.3 is 10.1 Å². The first-order chi connectivity index (χ1) is 8.74. The molecule has 0 aliphatic carbocycles. The maximum Gasteiger partial charge on any atom is 0.194 e. The molecule has 18 heavy (non-hydrogen) atoms. The molecular formula is C12H12FN3OS. The second kappa shape index (κ2) is 5.68. The van der Waals surface area contributed by atoms with Crippen molar-refractivity contribution in [3.05, 3.63) is 36.4 Å². The van der Waals surface area contributed by atoms with Crippen molar-refractivity contribution in [2.45, 2.75) is 9.92 Å². The molecule has 0 amide bonds. The van der Waals surface area contributed by atoms with Gasteiger partial charge in [-0.15, -0.1) is 0 Å². The molecule has 6 heteroatoms. The lowest BCUT2D eigenvalue weighted by atomic mass is 10.4. The summed E-state index contributed by atoms with van der Waals surface area (Å²) in [7, 11) is 3.32. The predicted molar refractivity (Wildman–Crippen MR) is 68.7 cm³/mol. The Kier molecular flexibility index (Phi) is 3.99. The van der Waals surface area contributed by atoms with Gasteiger partial charge in [0.05, 0.1) is 7.11 Å². The van der Waals surface area contributed by atoms with E-state index in [1.165, 1.54) is 30.2 Å². The Morgan fingerprint density at radius 3 is 2.56 bits per heavy atom. The molecule has 0 saturated heterocycles. The van der Waals surface area contributed by atoms with E-state index in [-0.39, 0.29) is 5.82 Å². The summed E-state index contributed by atoms with van der Waals surface area (Å²) >= 11 is 1.39. The van der Waals surface area contributed by atoms with Crippen LogP contribution in [0.4, 0.5) is 10.2 Å². The third-order valence-electron chi connectivity index (χ3n) is 2.24. The van der Waals surface area contributed by atoms with Crippen LogP contribution in [0.1, 0.15) is 0 Å². The summed E-state index contributed by atoms with van der Waals surface area (Å²) in [6.45, 7) is 0. The molecule has 0 spiro atoms. The van der Waals surface area contributed by atoms with Crippen LogP contribution in [-0.4, -0.2) is 24.1 Å². The molecule has 0 fully saturated rings. The molecule has 0 atom stereocenters. The summed E-state index contributed by atoms with van der Waals surface area (Å²) in [4.78, 5) is 9.12. The van der Waals surface area contributed by atoms with E-state index < -0.39 is 0 Å². The molecule has 2 aromatic rings. The number of hydrogen-bond acceptors (Lipinski definition) is 5. The number of halogens is 1. The van der Waals surface area contributed by atoms with Gasteiger partial charge in [-0.25, -0.2) is 14.4 Å². The number of anilines is 1. The van der Waals surface area contributed by atoms with Crippen LogP contribution >= 0.6 is 11.8 Å². The Morgan fingerprint density at radius 1 is 1.22 bits per heavy atom. The molecule has 0 bridgehead atoms. The van der Waals surface area contributed by atoms with Crippen LogP contribution in [0.25, 0.3) is 0 Å². The third-order valence-corrected chi connectivity index (χ3v) is 3.23. The zero-order valence-corrected chi connectivity index (χ0v) is 10.8. The lowest BCUT2D eigenvalue weighted by Crippen LogP contribution is -1.99. The number of hydrogen-bond donors (Lipinski definition) is 1. The molecule has 1 N–H and O–H groups in total. The Bertz CT molecular complexity index is 533. The maximum absolute atomic E-state index is 12.8. The minimum Gasteiger partial charge on any atom is -0.490 e. The van der Waals surface area contributed by atoms with Crippen LogP contribution in [0.3, 0.4) is 0 Å². The number of aromatic nitrogens is 2. The third kappa shape index (κ3) is 2.70. The van der Waals surface area contributed by atoms with Crippen molar-refractivity contribution < 1.29 is 9.13 Å². The fourth-order valence-electron chi connectivity index (χ4n) is 1.41. The lowest BCUT2D eigenvalue weighted by molar-refractivity contribution is 0.400. The summed E-state index contributed by atoms with van der Waals surface area (Å²) < 4.78 is 18.1. The summed E-state index contributed by atoms with van der Waals surface area (Å²) in [5.74, 6) is 0.941. The summed E-state index contributed by atoms with van der Waals surface area (Å²) in [5.41, 5.74) is 0. The monoisotopic (exact) mass is 265 g/mol. The standard InChI is InChI=1S/C12H12FN3OS/c1-14-11-10(17-2)12(16-7-15-11)18-9-5-3-8(13)4-6-9/h3-7H,1-2H3,(H,14,15,16). The number of nitrogens with one attached hydrogen (secondary N) is 1. The highest BCUT2D eigenvalue weighted by molar-refractivity contribution is 7.99. The van der Waals surface area contributed by atoms with Crippen molar-refractivity contribution in [2.24, 2.45) is 0 Å². The summed E-state index contributed by atoms with van der Waals surface area (Å²) in [6, 6.07) is 6.21. The highest BCUT2D eigenvalue weighted by Crippen LogP contribution is 2.36. The van der Waals surface area contributed by atoms with Crippen LogP contribution in [0.5, 0.6) is 5.75 Å². The van der Waals surface area contributed by atoms with Crippen molar-refractivity contribution in [2.75, 3.05) is 19.5 Å². The van der Waals surface area contributed by atoms with E-state index in [0.29, 0.717) is 16.6 Å². The Labute approximate surface area is 109 Å². The van der Waals surface area contributed by atoms with E-state index in [1.54, 1.807) is 26.3 Å². The second-order valence-corrected chi connectivity index (χ2v) is 4.43. The van der Waals surface area contributed by atoms with E-state index >= 15 is 0 Å². The average molecular weight is 265 g/mol. The van der Waals surface area contributed by atoms with Gasteiger partial charge >= 0.3 is 0 Å². The Morgan fingerprint density at radius 2 is 1.94 bits per heavy atom. The van der Waals surface area contributed by atoms with Crippen molar-refractivity contribution in [1.29, 1.82) is 0 Å². The highest BCUT2D eigenvalue weighted by Gasteiger charge is 2.12. The molecule has 1 aromatic heterocycles. The number of rotatable bonds is 4. The van der Waals surface area contributed by atoms with E-state index in [4.69, 9.17) is 4.74 Å². The topological polar surface area (TPSA) is 47.0 Å². The van der Waals surface area contributed by atoms with Crippen molar-refractivity contribution >= 4 is 17.6 Å². The molecule has 0 aliphatic rings. The number of methoxy groups -OCH3 is 1. The zero-order chi connectivity index (χ0) is 13.0. The van der Waals surface area contributed by atoms with Gasteiger partial charge in [0.15, 0.2) is 11.6 Å². The predicted octanol–water partition coefficient (Wildman–Crippen LogP) is 2.82. The van der Waals surface area contributed by atoms with Crippen molar-refractivity contribution in [3.63, 3.8) is 0 Å². The van der Waals surface area contributed by atoms with Gasteiger partial charge in [-0.05, 0) is 24.3 Å². The van der Waals surface area contributed by atoms with Gasteiger partial charge in [0.25, 0.3) is 0 Å². The highest BCUT2D eigenvalue weighted by atomic mass is 32.2. The molecule has 0 radical (unpaired) electrons. The molecule has 1 heterocycles. The maximum atomic E-state index is 12.8. The van der Waals surface area contributed by atoms with E-state index in [1.807, 2.05) is 0 Å². The molecule has 2 rings (SSSR count). The summed E-state index contributed by atoms with van der Waals surface area (Å²) in [5, 5.41) is 3.62. The molecular weight excluding hydrogens is 253 g/mol. The minimum absolute atomic E-state index is 0.259. The van der Waals surface area contributed by atoms with Crippen LogP contribution < -0.4 is 10.1 Å². The Hall–Kier alpha value is -1.82. The van der Waals surface area contributed by atoms with Gasteiger partial charge in [0.2, 0.25) is 0 Å². The normalized spacial score (nSPS) is 10.2. The first-order valence-corrected chi connectivity index (χ1v) is 6.06. The number of benzene rings is 1. The molecule has 1 aromatic carbocycles. The molecule has 4 nitrogen and oxygen atoms in total. The smallest absolute Gasteiger partial charge is 0.194 e. The summed E-state index contributed by atoms with van der Waals surface area (Å²) in [6.07, 6.45) is 1.46. The van der Waals surface area contributed by atoms with Gasteiger partial charge in [-0.1, -0.05) is 11.8 Å². The van der Waals surface area contributed by atoms with E-state index in [9.17, 15) is 4.39 Å². The average Bonchev–Trinajstić information content (AvgIpc) is 2.41. The molecule has 0 aliphatic heterocycles. The van der Waals surface area contributed by atoms with Gasteiger partial charge in [-0.2, -0.15) is 0 Å². The first-order valence-electron chi connectivity index (χ1n) is 5.24. The molecule has 0 unspecified atom stereocenters. The van der Waals surface area contributed by atoms with Crippen LogP contribution in [-0.2, 0) is 0 Å². The number of nitrogens with zero attached hydrogens (tertiary/aromatic N) is 2. The minimum atomic E-state index is -0.259. The SMILES string of the molecule is CNc1ncnc(Sc2ccc(F)cc2)c1OC. The van der Waals surface area contributed by atoms with Crippen LogP contribution in [0.15, 0.2) is 40.5 Å². The van der Waals surface area contributed by atoms with Crippen molar-refractivity contribution in [3.8, 4) is 5.75 Å². The number of ether oxygens (including phenoxy) is 1. The zero-order valence-electron chi connectivity index (χ0n) is 9.98. The Balaban J connectivity index is 2.31. The fraction of sp³-hybridized carbons (Fsp3) is 0.167.